The average Bonchev–Trinajstić information content (AvgIpc) is 3.17. The molecule has 2 saturated heterocycles. The minimum Gasteiger partial charge on any atom is -0.360 e. The van der Waals surface area contributed by atoms with Gasteiger partial charge in [-0.2, -0.15) is 0 Å². The molecule has 0 unspecified atom stereocenters. The molecule has 1 aromatic carbocycles. The fourth-order valence-electron chi connectivity index (χ4n) is 4.63. The van der Waals surface area contributed by atoms with Gasteiger partial charge in [-0.05, 0) is 37.1 Å². The molecule has 2 aromatic rings. The summed E-state index contributed by atoms with van der Waals surface area (Å²) in [6.45, 7) is 0. The highest BCUT2D eigenvalue weighted by Crippen LogP contribution is 2.47. The number of rotatable bonds is 1. The van der Waals surface area contributed by atoms with E-state index in [0.29, 0.717) is 11.1 Å². The summed E-state index contributed by atoms with van der Waals surface area (Å²) in [7, 11) is 0. The van der Waals surface area contributed by atoms with E-state index in [1.807, 2.05) is 29.2 Å². The van der Waals surface area contributed by atoms with Gasteiger partial charge in [0.2, 0.25) is 0 Å². The zero-order chi connectivity index (χ0) is 17.0. The van der Waals surface area contributed by atoms with Gasteiger partial charge >= 0.3 is 0 Å². The smallest absolute Gasteiger partial charge is 0.255 e. The van der Waals surface area contributed by atoms with Gasteiger partial charge in [0.25, 0.3) is 11.8 Å². The number of nitrogens with zero attached hydrogens (tertiary/aromatic N) is 2. The second-order valence-electron chi connectivity index (χ2n) is 7.00. The molecular formula is C19H18N4O2. The predicted octanol–water partition coefficient (Wildman–Crippen LogP) is 2.01. The van der Waals surface area contributed by atoms with E-state index in [4.69, 9.17) is 0 Å². The van der Waals surface area contributed by atoms with Crippen molar-refractivity contribution in [3.63, 3.8) is 0 Å². The number of hydrogen-bond donors (Lipinski definition) is 2. The normalized spacial score (nSPS) is 29.3. The predicted molar refractivity (Wildman–Crippen MR) is 92.1 cm³/mol. The molecule has 2 bridgehead atoms. The molecule has 5 rings (SSSR count). The zero-order valence-corrected chi connectivity index (χ0v) is 13.6. The minimum absolute atomic E-state index is 0.0154. The SMILES string of the molecule is O=C1N[C@@]2(C[C@@H]3CC[C@@H]2N3C(=O)c2ccncc2)Nc2ccccc21. The molecule has 126 valence electrons. The third-order valence-electron chi connectivity index (χ3n) is 5.66. The lowest BCUT2D eigenvalue weighted by molar-refractivity contribution is 0.0691. The van der Waals surface area contributed by atoms with Crippen molar-refractivity contribution in [1.29, 1.82) is 0 Å². The van der Waals surface area contributed by atoms with Crippen LogP contribution in [0.15, 0.2) is 48.8 Å². The Hall–Kier alpha value is -2.89. The lowest BCUT2D eigenvalue weighted by Crippen LogP contribution is -2.64. The van der Waals surface area contributed by atoms with Gasteiger partial charge in [0.05, 0.1) is 11.6 Å². The van der Waals surface area contributed by atoms with Crippen molar-refractivity contribution >= 4 is 17.5 Å². The van der Waals surface area contributed by atoms with E-state index in [0.717, 1.165) is 24.9 Å². The highest BCUT2D eigenvalue weighted by atomic mass is 16.2. The molecule has 0 saturated carbocycles. The molecule has 2 fully saturated rings. The maximum absolute atomic E-state index is 13.0. The topological polar surface area (TPSA) is 74.3 Å². The fraction of sp³-hybridized carbons (Fsp3) is 0.316. The zero-order valence-electron chi connectivity index (χ0n) is 13.6. The number of fused-ring (bicyclic) bond motifs is 4. The highest BCUT2D eigenvalue weighted by Gasteiger charge is 2.59. The fourth-order valence-corrected chi connectivity index (χ4v) is 4.63. The number of pyridine rings is 1. The van der Waals surface area contributed by atoms with Gasteiger partial charge in [-0.1, -0.05) is 12.1 Å². The Kier molecular flexibility index (Phi) is 2.92. The Bertz CT molecular complexity index is 869. The average molecular weight is 334 g/mol. The Morgan fingerprint density at radius 1 is 1.12 bits per heavy atom. The first-order valence-corrected chi connectivity index (χ1v) is 8.60. The Labute approximate surface area is 145 Å². The van der Waals surface area contributed by atoms with Gasteiger partial charge < -0.3 is 15.5 Å². The summed E-state index contributed by atoms with van der Waals surface area (Å²) in [6.07, 6.45) is 5.86. The summed E-state index contributed by atoms with van der Waals surface area (Å²) in [5.41, 5.74) is 1.57. The molecule has 6 heteroatoms. The largest absolute Gasteiger partial charge is 0.360 e. The summed E-state index contributed by atoms with van der Waals surface area (Å²) in [4.78, 5) is 31.6. The number of carbonyl (C=O) groups excluding carboxylic acids is 2. The van der Waals surface area contributed by atoms with Crippen molar-refractivity contribution in [2.75, 3.05) is 5.32 Å². The van der Waals surface area contributed by atoms with E-state index in [1.165, 1.54) is 0 Å². The number of para-hydroxylation sites is 1. The highest BCUT2D eigenvalue weighted by molar-refractivity contribution is 6.03. The van der Waals surface area contributed by atoms with Crippen LogP contribution in [0.1, 0.15) is 40.0 Å². The van der Waals surface area contributed by atoms with Gasteiger partial charge in [0.1, 0.15) is 5.66 Å². The summed E-state index contributed by atoms with van der Waals surface area (Å²) in [5, 5.41) is 6.69. The summed E-state index contributed by atoms with van der Waals surface area (Å²) >= 11 is 0. The van der Waals surface area contributed by atoms with Crippen LogP contribution in [0.2, 0.25) is 0 Å². The van der Waals surface area contributed by atoms with Crippen LogP contribution in [0.3, 0.4) is 0 Å². The molecule has 3 aliphatic rings. The van der Waals surface area contributed by atoms with Gasteiger partial charge in [0.15, 0.2) is 0 Å². The summed E-state index contributed by atoms with van der Waals surface area (Å²) < 4.78 is 0. The quantitative estimate of drug-likeness (QED) is 0.837. The lowest BCUT2D eigenvalue weighted by atomic mass is 9.86. The minimum atomic E-state index is -0.572. The van der Waals surface area contributed by atoms with E-state index in [9.17, 15) is 9.59 Å². The number of benzene rings is 1. The summed E-state index contributed by atoms with van der Waals surface area (Å²) in [6, 6.07) is 11.1. The molecule has 0 aliphatic carbocycles. The molecule has 1 aromatic heterocycles. The van der Waals surface area contributed by atoms with Crippen LogP contribution in [-0.4, -0.2) is 39.4 Å². The van der Waals surface area contributed by atoms with Crippen LogP contribution in [0.4, 0.5) is 5.69 Å². The van der Waals surface area contributed by atoms with Gasteiger partial charge in [0, 0.05) is 36.1 Å². The molecule has 6 nitrogen and oxygen atoms in total. The van der Waals surface area contributed by atoms with E-state index in [1.54, 1.807) is 24.5 Å². The maximum Gasteiger partial charge on any atom is 0.255 e. The van der Waals surface area contributed by atoms with Gasteiger partial charge in [-0.15, -0.1) is 0 Å². The van der Waals surface area contributed by atoms with Gasteiger partial charge in [-0.3, -0.25) is 14.6 Å². The van der Waals surface area contributed by atoms with Crippen LogP contribution in [-0.2, 0) is 0 Å². The van der Waals surface area contributed by atoms with Crippen molar-refractivity contribution in [2.24, 2.45) is 0 Å². The molecule has 0 radical (unpaired) electrons. The van der Waals surface area contributed by atoms with Crippen molar-refractivity contribution < 1.29 is 9.59 Å². The van der Waals surface area contributed by atoms with Crippen LogP contribution < -0.4 is 10.6 Å². The second kappa shape index (κ2) is 5.05. The molecule has 4 heterocycles. The molecule has 3 atom stereocenters. The van der Waals surface area contributed by atoms with E-state index >= 15 is 0 Å². The standard InChI is InChI=1S/C19H18N4O2/c24-17-14-3-1-2-4-15(14)21-19(22-17)11-13-5-6-16(19)23(13)18(25)12-7-9-20-10-8-12/h1-4,7-10,13,16,21H,5-6,11H2,(H,22,24)/t13-,16-,19+/m0/s1. The van der Waals surface area contributed by atoms with E-state index in [2.05, 4.69) is 15.6 Å². The Morgan fingerprint density at radius 2 is 1.92 bits per heavy atom. The number of hydrogen-bond acceptors (Lipinski definition) is 4. The molecule has 3 aliphatic heterocycles. The molecule has 2 N–H and O–H groups in total. The van der Waals surface area contributed by atoms with E-state index < -0.39 is 5.66 Å². The van der Waals surface area contributed by atoms with Crippen molar-refractivity contribution in [3.8, 4) is 0 Å². The van der Waals surface area contributed by atoms with Crippen molar-refractivity contribution in [2.45, 2.75) is 37.0 Å². The second-order valence-corrected chi connectivity index (χ2v) is 7.00. The van der Waals surface area contributed by atoms with Crippen LogP contribution >= 0.6 is 0 Å². The molecule has 25 heavy (non-hydrogen) atoms. The Balaban J connectivity index is 1.50. The molecular weight excluding hydrogens is 316 g/mol. The molecule has 1 spiro atoms. The number of aromatic nitrogens is 1. The first-order valence-electron chi connectivity index (χ1n) is 8.60. The van der Waals surface area contributed by atoms with Gasteiger partial charge in [-0.25, -0.2) is 0 Å². The third-order valence-corrected chi connectivity index (χ3v) is 5.66. The number of carbonyl (C=O) groups is 2. The van der Waals surface area contributed by atoms with E-state index in [-0.39, 0.29) is 23.9 Å². The Morgan fingerprint density at radius 3 is 2.76 bits per heavy atom. The van der Waals surface area contributed by atoms with Crippen molar-refractivity contribution in [3.05, 3.63) is 59.9 Å². The monoisotopic (exact) mass is 334 g/mol. The van der Waals surface area contributed by atoms with Crippen LogP contribution in [0, 0.1) is 0 Å². The number of amides is 2. The first-order chi connectivity index (χ1) is 12.2. The summed E-state index contributed by atoms with van der Waals surface area (Å²) in [5.74, 6) is -0.0557. The van der Waals surface area contributed by atoms with Crippen molar-refractivity contribution in [1.82, 2.24) is 15.2 Å². The van der Waals surface area contributed by atoms with Crippen LogP contribution in [0.5, 0.6) is 0 Å². The molecule has 2 amide bonds. The third kappa shape index (κ3) is 2.00. The lowest BCUT2D eigenvalue weighted by Gasteiger charge is -2.43. The number of anilines is 1. The van der Waals surface area contributed by atoms with Crippen LogP contribution in [0.25, 0.3) is 0 Å². The maximum atomic E-state index is 13.0. The first kappa shape index (κ1) is 14.5. The number of nitrogens with one attached hydrogen (secondary N) is 2.